The normalized spacial score (nSPS) is 14.4. The van der Waals surface area contributed by atoms with Gasteiger partial charge in [-0.3, -0.25) is 9.59 Å². The summed E-state index contributed by atoms with van der Waals surface area (Å²) in [4.78, 5) is 26.4. The molecule has 0 atom stereocenters. The molecule has 1 N–H and O–H groups in total. The van der Waals surface area contributed by atoms with Gasteiger partial charge in [-0.1, -0.05) is 37.0 Å². The van der Waals surface area contributed by atoms with Gasteiger partial charge in [-0.15, -0.1) is 0 Å². The van der Waals surface area contributed by atoms with E-state index in [0.29, 0.717) is 42.5 Å². The Morgan fingerprint density at radius 2 is 1.81 bits per heavy atom. The quantitative estimate of drug-likeness (QED) is 0.631. The molecule has 2 amide bonds. The lowest BCUT2D eigenvalue weighted by atomic mass is 10.2. The summed E-state index contributed by atoms with van der Waals surface area (Å²) < 4.78 is 26.9. The number of nitrogens with zero attached hydrogens (tertiary/aromatic N) is 2. The topological polar surface area (TPSA) is 86.8 Å². The summed E-state index contributed by atoms with van der Waals surface area (Å²) in [5.41, 5.74) is 1.02. The Labute approximate surface area is 192 Å². The van der Waals surface area contributed by atoms with Gasteiger partial charge in [0.1, 0.15) is 0 Å². The van der Waals surface area contributed by atoms with Gasteiger partial charge in [0.05, 0.1) is 26.2 Å². The van der Waals surface area contributed by atoms with Crippen molar-refractivity contribution in [1.82, 2.24) is 4.31 Å². The number of rotatable bonds is 7. The Kier molecular flexibility index (Phi) is 7.26. The number of carbonyl (C=O) groups is 2. The minimum absolute atomic E-state index is 0.00771. The first kappa shape index (κ1) is 23.5. The zero-order valence-electron chi connectivity index (χ0n) is 17.2. The van der Waals surface area contributed by atoms with Gasteiger partial charge in [0, 0.05) is 31.7 Å². The van der Waals surface area contributed by atoms with E-state index < -0.39 is 15.9 Å². The van der Waals surface area contributed by atoms with Crippen LogP contribution in [0, 0.1) is 0 Å². The Hall–Kier alpha value is -2.13. The highest BCUT2D eigenvalue weighted by molar-refractivity contribution is 7.89. The van der Waals surface area contributed by atoms with E-state index in [4.69, 9.17) is 23.2 Å². The number of nitrogens with one attached hydrogen (secondary N) is 1. The number of hydrogen-bond acceptors (Lipinski definition) is 4. The van der Waals surface area contributed by atoms with Gasteiger partial charge < -0.3 is 10.2 Å². The molecule has 3 rings (SSSR count). The molecule has 0 radical (unpaired) electrons. The summed E-state index contributed by atoms with van der Waals surface area (Å²) in [6.45, 7) is 4.72. The van der Waals surface area contributed by atoms with Crippen molar-refractivity contribution in [2.75, 3.05) is 29.9 Å². The van der Waals surface area contributed by atoms with Gasteiger partial charge in [0.2, 0.25) is 15.9 Å². The van der Waals surface area contributed by atoms with Crippen LogP contribution in [0.4, 0.5) is 11.4 Å². The van der Waals surface area contributed by atoms with Crippen molar-refractivity contribution in [2.24, 2.45) is 0 Å². The van der Waals surface area contributed by atoms with Crippen molar-refractivity contribution < 1.29 is 18.0 Å². The van der Waals surface area contributed by atoms with E-state index in [9.17, 15) is 18.0 Å². The summed E-state index contributed by atoms with van der Waals surface area (Å²) in [6.07, 6.45) is 1.26. The van der Waals surface area contributed by atoms with E-state index >= 15 is 0 Å². The molecular formula is C21H23Cl2N3O4S. The number of halogens is 2. The molecule has 0 saturated carbocycles. The summed E-state index contributed by atoms with van der Waals surface area (Å²) in [6, 6.07) is 8.89. The van der Waals surface area contributed by atoms with E-state index in [2.05, 4.69) is 5.32 Å². The second kappa shape index (κ2) is 9.56. The van der Waals surface area contributed by atoms with Crippen molar-refractivity contribution in [3.05, 3.63) is 52.0 Å². The molecule has 10 heteroatoms. The average Bonchev–Trinajstić information content (AvgIpc) is 3.14. The number of anilines is 2. The van der Waals surface area contributed by atoms with Crippen molar-refractivity contribution in [2.45, 2.75) is 31.6 Å². The molecule has 2 aromatic carbocycles. The fourth-order valence-electron chi connectivity index (χ4n) is 3.46. The molecule has 1 heterocycles. The zero-order valence-corrected chi connectivity index (χ0v) is 19.5. The summed E-state index contributed by atoms with van der Waals surface area (Å²) >= 11 is 12.5. The highest BCUT2D eigenvalue weighted by atomic mass is 35.5. The lowest BCUT2D eigenvalue weighted by molar-refractivity contribution is -0.117. The Morgan fingerprint density at radius 3 is 2.39 bits per heavy atom. The van der Waals surface area contributed by atoms with Crippen LogP contribution in [0.3, 0.4) is 0 Å². The van der Waals surface area contributed by atoms with Gasteiger partial charge >= 0.3 is 0 Å². The van der Waals surface area contributed by atoms with Gasteiger partial charge in [-0.2, -0.15) is 4.31 Å². The lowest BCUT2D eigenvalue weighted by Gasteiger charge is -2.19. The third-order valence-corrected chi connectivity index (χ3v) is 7.77. The number of sulfonamides is 1. The molecule has 7 nitrogen and oxygen atoms in total. The lowest BCUT2D eigenvalue weighted by Crippen LogP contribution is -2.30. The minimum atomic E-state index is -3.74. The molecule has 2 aromatic rings. The SMILES string of the molecule is CCN(CC)S(=O)(=O)c1ccc(Cl)c(C(=O)Nc2ccc(N3CCCC3=O)c(Cl)c2)c1. The van der Waals surface area contributed by atoms with Crippen molar-refractivity contribution in [3.63, 3.8) is 0 Å². The molecule has 31 heavy (non-hydrogen) atoms. The van der Waals surface area contributed by atoms with Gasteiger partial charge in [0.25, 0.3) is 5.91 Å². The molecule has 1 aliphatic rings. The highest BCUT2D eigenvalue weighted by Crippen LogP contribution is 2.32. The molecule has 1 aliphatic heterocycles. The predicted octanol–water partition coefficient (Wildman–Crippen LogP) is 4.40. The number of hydrogen-bond donors (Lipinski definition) is 1. The Bertz CT molecular complexity index is 1120. The van der Waals surface area contributed by atoms with Crippen LogP contribution >= 0.6 is 23.2 Å². The number of benzene rings is 2. The maximum Gasteiger partial charge on any atom is 0.257 e. The first-order valence-corrected chi connectivity index (χ1v) is 12.1. The van der Waals surface area contributed by atoms with E-state index in [0.717, 1.165) is 6.42 Å². The van der Waals surface area contributed by atoms with Crippen LogP contribution < -0.4 is 10.2 Å². The summed E-state index contributed by atoms with van der Waals surface area (Å²) in [5.74, 6) is -0.556. The molecule has 0 aliphatic carbocycles. The second-order valence-electron chi connectivity index (χ2n) is 7.00. The minimum Gasteiger partial charge on any atom is -0.322 e. The van der Waals surface area contributed by atoms with Crippen LogP contribution in [0.15, 0.2) is 41.3 Å². The molecule has 0 spiro atoms. The smallest absolute Gasteiger partial charge is 0.257 e. The zero-order chi connectivity index (χ0) is 22.8. The first-order chi connectivity index (χ1) is 14.7. The van der Waals surface area contributed by atoms with Crippen molar-refractivity contribution >= 4 is 56.4 Å². The van der Waals surface area contributed by atoms with Crippen LogP contribution in [-0.4, -0.2) is 44.2 Å². The van der Waals surface area contributed by atoms with Crippen LogP contribution in [0.1, 0.15) is 37.0 Å². The highest BCUT2D eigenvalue weighted by Gasteiger charge is 2.25. The fourth-order valence-corrected chi connectivity index (χ4v) is 5.43. The largest absolute Gasteiger partial charge is 0.322 e. The van der Waals surface area contributed by atoms with Gasteiger partial charge in [-0.25, -0.2) is 8.42 Å². The molecule has 0 bridgehead atoms. The number of carbonyl (C=O) groups excluding carboxylic acids is 2. The maximum atomic E-state index is 12.8. The number of amides is 2. The molecule has 1 fully saturated rings. The van der Waals surface area contributed by atoms with E-state index in [1.165, 1.54) is 22.5 Å². The van der Waals surface area contributed by atoms with Crippen molar-refractivity contribution in [3.8, 4) is 0 Å². The molecule has 1 saturated heterocycles. The van der Waals surface area contributed by atoms with Gasteiger partial charge in [-0.05, 0) is 42.8 Å². The first-order valence-electron chi connectivity index (χ1n) is 9.90. The fraction of sp³-hybridized carbons (Fsp3) is 0.333. The third-order valence-electron chi connectivity index (χ3n) is 5.10. The van der Waals surface area contributed by atoms with Crippen LogP contribution in [-0.2, 0) is 14.8 Å². The van der Waals surface area contributed by atoms with E-state index in [-0.39, 0.29) is 21.4 Å². The van der Waals surface area contributed by atoms with Crippen LogP contribution in [0.5, 0.6) is 0 Å². The molecule has 0 unspecified atom stereocenters. The monoisotopic (exact) mass is 483 g/mol. The molecule has 166 valence electrons. The standard InChI is InChI=1S/C21H23Cl2N3O4S/c1-3-25(4-2)31(29,30)15-8-9-17(22)16(13-15)21(28)24-14-7-10-19(18(23)12-14)26-11-5-6-20(26)27/h7-10,12-13H,3-6,11H2,1-2H3,(H,24,28). The Morgan fingerprint density at radius 1 is 1.10 bits per heavy atom. The maximum absolute atomic E-state index is 12.8. The average molecular weight is 484 g/mol. The summed E-state index contributed by atoms with van der Waals surface area (Å²) in [5, 5.41) is 3.14. The Balaban J connectivity index is 1.85. The van der Waals surface area contributed by atoms with Crippen LogP contribution in [0.2, 0.25) is 10.0 Å². The molecule has 0 aromatic heterocycles. The predicted molar refractivity (Wildman–Crippen MR) is 123 cm³/mol. The van der Waals surface area contributed by atoms with E-state index in [1.54, 1.807) is 36.9 Å². The van der Waals surface area contributed by atoms with Gasteiger partial charge in [0.15, 0.2) is 0 Å². The molecular weight excluding hydrogens is 461 g/mol. The van der Waals surface area contributed by atoms with Crippen LogP contribution in [0.25, 0.3) is 0 Å². The third kappa shape index (κ3) is 4.87. The second-order valence-corrected chi connectivity index (χ2v) is 9.75. The summed E-state index contributed by atoms with van der Waals surface area (Å²) in [7, 11) is -3.74. The van der Waals surface area contributed by atoms with E-state index in [1.807, 2.05) is 0 Å². The van der Waals surface area contributed by atoms with Crippen molar-refractivity contribution in [1.29, 1.82) is 0 Å².